The number of benzene rings is 2. The molecule has 1 amide bonds. The maximum atomic E-state index is 12.7. The molecule has 0 unspecified atom stereocenters. The Bertz CT molecular complexity index is 1030. The van der Waals surface area contributed by atoms with E-state index in [2.05, 4.69) is 5.10 Å². The number of likely N-dealkylation sites (N-methyl/N-ethyl adjacent to an activating group) is 1. The fourth-order valence-corrected chi connectivity index (χ4v) is 3.62. The number of ether oxygens (including phenoxy) is 1. The van der Waals surface area contributed by atoms with Gasteiger partial charge in [-0.05, 0) is 44.2 Å². The number of aryl methyl sites for hydroxylation is 2. The largest absolute Gasteiger partial charge is 0.456 e. The van der Waals surface area contributed by atoms with Gasteiger partial charge >= 0.3 is 5.97 Å². The Balaban J connectivity index is 1.62. The minimum absolute atomic E-state index is 0.223. The number of rotatable bonds is 7. The molecule has 29 heavy (non-hydrogen) atoms. The van der Waals surface area contributed by atoms with Crippen LogP contribution in [0.3, 0.4) is 0 Å². The van der Waals surface area contributed by atoms with E-state index in [1.54, 1.807) is 4.90 Å². The van der Waals surface area contributed by atoms with Crippen LogP contribution < -0.4 is 4.90 Å². The molecule has 6 nitrogen and oxygen atoms in total. The van der Waals surface area contributed by atoms with Gasteiger partial charge in [0, 0.05) is 31.1 Å². The number of carbonyl (C=O) groups is 2. The molecule has 152 valence electrons. The summed E-state index contributed by atoms with van der Waals surface area (Å²) in [5, 5.41) is 6.42. The fourth-order valence-electron chi connectivity index (χ4n) is 3.62. The maximum Gasteiger partial charge on any atom is 0.306 e. The van der Waals surface area contributed by atoms with Crippen molar-refractivity contribution in [3.63, 3.8) is 0 Å². The Morgan fingerprint density at radius 1 is 1.10 bits per heavy atom. The topological polar surface area (TPSA) is 64.4 Å². The van der Waals surface area contributed by atoms with Gasteiger partial charge in [0.1, 0.15) is 0 Å². The summed E-state index contributed by atoms with van der Waals surface area (Å²) in [5.41, 5.74) is 3.84. The highest BCUT2D eigenvalue weighted by Gasteiger charge is 2.18. The van der Waals surface area contributed by atoms with Crippen LogP contribution in [0.4, 0.5) is 5.69 Å². The van der Waals surface area contributed by atoms with Crippen LogP contribution in [0.1, 0.15) is 30.3 Å². The number of esters is 1. The van der Waals surface area contributed by atoms with Crippen LogP contribution in [0, 0.1) is 13.8 Å². The molecule has 3 aromatic rings. The summed E-state index contributed by atoms with van der Waals surface area (Å²) in [7, 11) is 1.88. The van der Waals surface area contributed by atoms with E-state index in [-0.39, 0.29) is 24.9 Å². The zero-order valence-corrected chi connectivity index (χ0v) is 17.4. The monoisotopic (exact) mass is 393 g/mol. The molecule has 1 heterocycles. The highest BCUT2D eigenvalue weighted by Crippen LogP contribution is 2.26. The summed E-state index contributed by atoms with van der Waals surface area (Å²) in [6, 6.07) is 13.8. The van der Waals surface area contributed by atoms with Crippen molar-refractivity contribution >= 4 is 28.3 Å². The lowest BCUT2D eigenvalue weighted by Gasteiger charge is -2.22. The number of nitrogens with zero attached hydrogens (tertiary/aromatic N) is 3. The number of carbonyl (C=O) groups excluding carboxylic acids is 2. The molecule has 0 aliphatic rings. The van der Waals surface area contributed by atoms with Gasteiger partial charge in [-0.3, -0.25) is 14.3 Å². The van der Waals surface area contributed by atoms with Gasteiger partial charge in [-0.25, -0.2) is 0 Å². The lowest BCUT2D eigenvalue weighted by molar-refractivity contribution is -0.147. The second-order valence-electron chi connectivity index (χ2n) is 7.07. The minimum atomic E-state index is -0.380. The van der Waals surface area contributed by atoms with E-state index in [1.807, 2.05) is 75.0 Å². The Morgan fingerprint density at radius 3 is 2.52 bits per heavy atom. The summed E-state index contributed by atoms with van der Waals surface area (Å²) < 4.78 is 7.08. The number of aromatic nitrogens is 2. The number of fused-ring (bicyclic) bond motifs is 1. The molecule has 0 aliphatic carbocycles. The Labute approximate surface area is 171 Å². The van der Waals surface area contributed by atoms with Gasteiger partial charge in [0.2, 0.25) is 0 Å². The average molecular weight is 393 g/mol. The zero-order chi connectivity index (χ0) is 21.0. The summed E-state index contributed by atoms with van der Waals surface area (Å²) in [6.45, 7) is 6.06. The third-order valence-electron chi connectivity index (χ3n) is 5.27. The molecule has 0 atom stereocenters. The molecule has 0 fully saturated rings. The molecule has 0 radical (unpaired) electrons. The molecule has 0 spiro atoms. The minimum Gasteiger partial charge on any atom is -0.456 e. The van der Waals surface area contributed by atoms with Crippen molar-refractivity contribution < 1.29 is 14.3 Å². The third kappa shape index (κ3) is 4.47. The summed E-state index contributed by atoms with van der Waals surface area (Å²) in [4.78, 5) is 26.6. The van der Waals surface area contributed by atoms with Gasteiger partial charge in [0.15, 0.2) is 6.61 Å². The highest BCUT2D eigenvalue weighted by molar-refractivity contribution is 6.04. The Kier molecular flexibility index (Phi) is 6.32. The van der Waals surface area contributed by atoms with Crippen LogP contribution in [0.15, 0.2) is 42.5 Å². The van der Waals surface area contributed by atoms with Gasteiger partial charge < -0.3 is 9.64 Å². The van der Waals surface area contributed by atoms with Crippen molar-refractivity contribution in [2.75, 3.05) is 18.1 Å². The van der Waals surface area contributed by atoms with Gasteiger partial charge in [0.05, 0.1) is 11.4 Å². The molecule has 0 saturated heterocycles. The molecule has 0 bridgehead atoms. The first-order valence-electron chi connectivity index (χ1n) is 9.85. The quantitative estimate of drug-likeness (QED) is 0.574. The van der Waals surface area contributed by atoms with Crippen molar-refractivity contribution in [3.05, 3.63) is 59.4 Å². The van der Waals surface area contributed by atoms with Crippen molar-refractivity contribution in [2.24, 2.45) is 7.05 Å². The van der Waals surface area contributed by atoms with E-state index >= 15 is 0 Å². The Morgan fingerprint density at radius 2 is 1.83 bits per heavy atom. The first-order valence-corrected chi connectivity index (χ1v) is 9.85. The summed E-state index contributed by atoms with van der Waals surface area (Å²) in [6.07, 6.45) is 0.778. The first kappa shape index (κ1) is 20.6. The highest BCUT2D eigenvalue weighted by atomic mass is 16.5. The molecular formula is C23H27N3O3. The average Bonchev–Trinajstić information content (AvgIpc) is 2.96. The fraction of sp³-hybridized carbons (Fsp3) is 0.348. The smallest absolute Gasteiger partial charge is 0.306 e. The van der Waals surface area contributed by atoms with Crippen LogP contribution in [-0.4, -0.2) is 34.8 Å². The van der Waals surface area contributed by atoms with Crippen molar-refractivity contribution in [1.82, 2.24) is 9.78 Å². The van der Waals surface area contributed by atoms with Crippen LogP contribution in [-0.2, 0) is 27.8 Å². The van der Waals surface area contributed by atoms with E-state index in [0.717, 1.165) is 33.4 Å². The van der Waals surface area contributed by atoms with E-state index in [0.29, 0.717) is 13.0 Å². The van der Waals surface area contributed by atoms with Crippen LogP contribution in [0.5, 0.6) is 0 Å². The Hall–Kier alpha value is -3.15. The predicted octanol–water partition coefficient (Wildman–Crippen LogP) is 3.72. The molecule has 0 saturated carbocycles. The lowest BCUT2D eigenvalue weighted by Crippen LogP contribution is -2.34. The van der Waals surface area contributed by atoms with Gasteiger partial charge in [-0.15, -0.1) is 0 Å². The third-order valence-corrected chi connectivity index (χ3v) is 5.27. The van der Waals surface area contributed by atoms with Crippen LogP contribution in [0.25, 0.3) is 10.8 Å². The van der Waals surface area contributed by atoms with Gasteiger partial charge in [0.25, 0.3) is 5.91 Å². The van der Waals surface area contributed by atoms with Crippen LogP contribution in [0.2, 0.25) is 0 Å². The van der Waals surface area contributed by atoms with E-state index in [4.69, 9.17) is 4.74 Å². The number of amides is 1. The summed E-state index contributed by atoms with van der Waals surface area (Å²) >= 11 is 0. The molecule has 1 aromatic heterocycles. The van der Waals surface area contributed by atoms with Crippen LogP contribution >= 0.6 is 0 Å². The summed E-state index contributed by atoms with van der Waals surface area (Å²) in [5.74, 6) is -0.610. The van der Waals surface area contributed by atoms with Crippen molar-refractivity contribution in [2.45, 2.75) is 33.6 Å². The van der Waals surface area contributed by atoms with E-state index < -0.39 is 0 Å². The van der Waals surface area contributed by atoms with E-state index in [1.165, 1.54) is 0 Å². The second kappa shape index (κ2) is 8.90. The first-order chi connectivity index (χ1) is 13.9. The number of hydrogen-bond acceptors (Lipinski definition) is 4. The molecule has 3 rings (SSSR count). The molecule has 0 aliphatic heterocycles. The molecule has 2 aromatic carbocycles. The second-order valence-corrected chi connectivity index (χ2v) is 7.07. The van der Waals surface area contributed by atoms with E-state index in [9.17, 15) is 9.59 Å². The predicted molar refractivity (Wildman–Crippen MR) is 114 cm³/mol. The molecule has 0 N–H and O–H groups in total. The maximum absolute atomic E-state index is 12.7. The molecule has 6 heteroatoms. The normalized spacial score (nSPS) is 10.9. The lowest BCUT2D eigenvalue weighted by atomic mass is 10.1. The van der Waals surface area contributed by atoms with Gasteiger partial charge in [-0.2, -0.15) is 5.10 Å². The van der Waals surface area contributed by atoms with Crippen molar-refractivity contribution in [3.8, 4) is 0 Å². The van der Waals surface area contributed by atoms with Gasteiger partial charge in [-0.1, -0.05) is 36.4 Å². The zero-order valence-electron chi connectivity index (χ0n) is 17.4. The molecular weight excluding hydrogens is 366 g/mol. The number of hydrogen-bond donors (Lipinski definition) is 0. The SMILES string of the molecule is CCN(C(=O)COC(=O)CCc1c(C)nn(C)c1C)c1cccc2ccccc12. The standard InChI is InChI=1S/C23H27N3O3/c1-5-26(21-12-8-10-18-9-6-7-11-20(18)21)22(27)15-29-23(28)14-13-19-16(2)24-25(4)17(19)3/h6-12H,5,13-15H2,1-4H3. The number of anilines is 1. The van der Waals surface area contributed by atoms with Crippen molar-refractivity contribution in [1.29, 1.82) is 0 Å².